The maximum Gasteiger partial charge on any atom is 0.446 e. The number of thioether (sulfide) groups is 1. The van der Waals surface area contributed by atoms with E-state index in [1.165, 1.54) is 25.1 Å². The van der Waals surface area contributed by atoms with Crippen molar-refractivity contribution >= 4 is 17.7 Å². The van der Waals surface area contributed by atoms with Crippen molar-refractivity contribution in [2.24, 2.45) is 0 Å². The van der Waals surface area contributed by atoms with E-state index in [4.69, 9.17) is 0 Å². The second kappa shape index (κ2) is 6.36. The molecule has 1 aromatic rings. The van der Waals surface area contributed by atoms with Crippen LogP contribution in [0, 0.1) is 11.8 Å². The normalized spacial score (nSPS) is 10.4. The lowest BCUT2D eigenvalue weighted by Gasteiger charge is -2.05. The number of nitrogens with one attached hydrogen (secondary N) is 1. The van der Waals surface area contributed by atoms with E-state index in [0.717, 1.165) is 0 Å². The third-order valence-corrected chi connectivity index (χ3v) is 2.45. The van der Waals surface area contributed by atoms with Gasteiger partial charge in [-0.3, -0.25) is 4.79 Å². The highest BCUT2D eigenvalue weighted by Crippen LogP contribution is 2.36. The Kier molecular flexibility index (Phi) is 5.10. The Balaban J connectivity index is 2.67. The van der Waals surface area contributed by atoms with Gasteiger partial charge in [0.25, 0.3) is 0 Å². The van der Waals surface area contributed by atoms with Gasteiger partial charge in [-0.1, -0.05) is 17.9 Å². The zero-order valence-corrected chi connectivity index (χ0v) is 10.3. The van der Waals surface area contributed by atoms with Gasteiger partial charge in [-0.25, -0.2) is 0 Å². The van der Waals surface area contributed by atoms with Crippen molar-refractivity contribution in [2.75, 3.05) is 6.54 Å². The van der Waals surface area contributed by atoms with Gasteiger partial charge in [0, 0.05) is 17.4 Å². The first-order valence-electron chi connectivity index (χ1n) is 4.96. The fourth-order valence-corrected chi connectivity index (χ4v) is 1.69. The highest BCUT2D eigenvalue weighted by molar-refractivity contribution is 8.00. The maximum absolute atomic E-state index is 12.1. The van der Waals surface area contributed by atoms with E-state index >= 15 is 0 Å². The van der Waals surface area contributed by atoms with Crippen LogP contribution in [-0.2, 0) is 4.79 Å². The SMILES string of the molecule is CC(=O)NCC#Cc1cccc(SC(F)(F)F)c1. The van der Waals surface area contributed by atoms with Crippen molar-refractivity contribution < 1.29 is 18.0 Å². The first-order chi connectivity index (χ1) is 8.37. The van der Waals surface area contributed by atoms with Gasteiger partial charge in [-0.2, -0.15) is 13.2 Å². The summed E-state index contributed by atoms with van der Waals surface area (Å²) in [6.45, 7) is 1.54. The topological polar surface area (TPSA) is 29.1 Å². The Hall–Kier alpha value is -1.61. The highest BCUT2D eigenvalue weighted by Gasteiger charge is 2.29. The van der Waals surface area contributed by atoms with Crippen molar-refractivity contribution in [1.29, 1.82) is 0 Å². The van der Waals surface area contributed by atoms with Crippen molar-refractivity contribution in [1.82, 2.24) is 5.32 Å². The van der Waals surface area contributed by atoms with Crippen LogP contribution >= 0.6 is 11.8 Å². The predicted octanol–water partition coefficient (Wildman–Crippen LogP) is 2.79. The van der Waals surface area contributed by atoms with Gasteiger partial charge in [-0.15, -0.1) is 0 Å². The highest BCUT2D eigenvalue weighted by atomic mass is 32.2. The third kappa shape index (κ3) is 6.21. The number of hydrogen-bond donors (Lipinski definition) is 1. The monoisotopic (exact) mass is 273 g/mol. The van der Waals surface area contributed by atoms with Crippen molar-refractivity contribution in [2.45, 2.75) is 17.3 Å². The molecule has 0 bridgehead atoms. The molecule has 2 nitrogen and oxygen atoms in total. The molecule has 0 fully saturated rings. The molecule has 0 unspecified atom stereocenters. The van der Waals surface area contributed by atoms with Crippen LogP contribution in [0.1, 0.15) is 12.5 Å². The third-order valence-electron chi connectivity index (χ3n) is 1.73. The second-order valence-electron chi connectivity index (χ2n) is 3.29. The average molecular weight is 273 g/mol. The molecule has 0 saturated carbocycles. The molecular weight excluding hydrogens is 263 g/mol. The lowest BCUT2D eigenvalue weighted by Crippen LogP contribution is -2.19. The zero-order valence-electron chi connectivity index (χ0n) is 9.47. The molecule has 0 saturated heterocycles. The Morgan fingerprint density at radius 1 is 1.44 bits per heavy atom. The number of amides is 1. The van der Waals surface area contributed by atoms with Gasteiger partial charge in [0.2, 0.25) is 5.91 Å². The van der Waals surface area contributed by atoms with E-state index in [1.807, 2.05) is 0 Å². The Bertz CT molecular complexity index is 488. The quantitative estimate of drug-likeness (QED) is 0.663. The summed E-state index contributed by atoms with van der Waals surface area (Å²) < 4.78 is 36.4. The van der Waals surface area contributed by atoms with Crippen molar-refractivity contribution in [3.05, 3.63) is 29.8 Å². The Morgan fingerprint density at radius 2 is 2.17 bits per heavy atom. The van der Waals surface area contributed by atoms with E-state index in [0.29, 0.717) is 5.56 Å². The molecule has 0 aromatic heterocycles. The van der Waals surface area contributed by atoms with E-state index in [-0.39, 0.29) is 29.1 Å². The lowest BCUT2D eigenvalue weighted by atomic mass is 10.2. The minimum absolute atomic E-state index is 0.0915. The van der Waals surface area contributed by atoms with E-state index < -0.39 is 5.51 Å². The van der Waals surface area contributed by atoms with Crippen molar-refractivity contribution in [3.8, 4) is 11.8 Å². The van der Waals surface area contributed by atoms with Crippen LogP contribution < -0.4 is 5.32 Å². The summed E-state index contributed by atoms with van der Waals surface area (Å²) in [6.07, 6.45) is 0. The van der Waals surface area contributed by atoms with Gasteiger partial charge < -0.3 is 5.32 Å². The first kappa shape index (κ1) is 14.5. The summed E-state index contributed by atoms with van der Waals surface area (Å²) in [4.78, 5) is 10.7. The maximum atomic E-state index is 12.1. The Morgan fingerprint density at radius 3 is 2.78 bits per heavy atom. The van der Waals surface area contributed by atoms with Gasteiger partial charge in [0.1, 0.15) is 0 Å². The zero-order chi connectivity index (χ0) is 13.6. The van der Waals surface area contributed by atoms with Crippen LogP contribution in [0.4, 0.5) is 13.2 Å². The summed E-state index contributed by atoms with van der Waals surface area (Å²) in [7, 11) is 0. The average Bonchev–Trinajstić information content (AvgIpc) is 2.22. The van der Waals surface area contributed by atoms with Crippen LogP contribution in [0.2, 0.25) is 0 Å². The molecule has 0 atom stereocenters. The molecule has 0 spiro atoms. The Labute approximate surface area is 107 Å². The number of alkyl halides is 3. The van der Waals surface area contributed by atoms with E-state index in [1.54, 1.807) is 6.07 Å². The molecule has 96 valence electrons. The number of carbonyl (C=O) groups is 1. The molecule has 0 aliphatic carbocycles. The summed E-state index contributed by atoms with van der Waals surface area (Å²) >= 11 is -0.179. The molecule has 1 amide bonds. The largest absolute Gasteiger partial charge is 0.446 e. The van der Waals surface area contributed by atoms with E-state index in [2.05, 4.69) is 17.2 Å². The van der Waals surface area contributed by atoms with Gasteiger partial charge in [-0.05, 0) is 30.0 Å². The lowest BCUT2D eigenvalue weighted by molar-refractivity contribution is -0.118. The molecule has 0 aliphatic heterocycles. The van der Waals surface area contributed by atoms with Crippen LogP contribution in [0.3, 0.4) is 0 Å². The number of halogens is 3. The van der Waals surface area contributed by atoms with Gasteiger partial charge in [0.05, 0.1) is 6.54 Å². The minimum Gasteiger partial charge on any atom is -0.345 e. The minimum atomic E-state index is -4.30. The molecule has 18 heavy (non-hydrogen) atoms. The van der Waals surface area contributed by atoms with Crippen molar-refractivity contribution in [3.63, 3.8) is 0 Å². The molecule has 0 radical (unpaired) electrons. The number of benzene rings is 1. The molecule has 1 N–H and O–H groups in total. The molecule has 6 heteroatoms. The molecular formula is C12H10F3NOS. The number of carbonyl (C=O) groups excluding carboxylic acids is 1. The fraction of sp³-hybridized carbons (Fsp3) is 0.250. The van der Waals surface area contributed by atoms with Crippen LogP contribution in [0.15, 0.2) is 29.2 Å². The summed E-state index contributed by atoms with van der Waals surface area (Å²) in [5, 5.41) is 2.47. The smallest absolute Gasteiger partial charge is 0.345 e. The molecule has 0 heterocycles. The second-order valence-corrected chi connectivity index (χ2v) is 4.43. The summed E-state index contributed by atoms with van der Waals surface area (Å²) in [6, 6.07) is 5.85. The summed E-state index contributed by atoms with van der Waals surface area (Å²) in [5.41, 5.74) is -3.82. The standard InChI is InChI=1S/C12H10F3NOS/c1-9(17)16-7-3-5-10-4-2-6-11(8-10)18-12(13,14)15/h2,4,6,8H,7H2,1H3,(H,16,17). The first-order valence-corrected chi connectivity index (χ1v) is 5.77. The molecule has 1 aromatic carbocycles. The molecule has 0 aliphatic rings. The number of hydrogen-bond acceptors (Lipinski definition) is 2. The molecule has 1 rings (SSSR count). The van der Waals surface area contributed by atoms with Crippen LogP contribution in [0.25, 0.3) is 0 Å². The van der Waals surface area contributed by atoms with Crippen LogP contribution in [-0.4, -0.2) is 18.0 Å². The summed E-state index contributed by atoms with van der Waals surface area (Å²) in [5.74, 6) is 5.13. The fourth-order valence-electron chi connectivity index (χ4n) is 1.09. The number of rotatable bonds is 2. The van der Waals surface area contributed by atoms with E-state index in [9.17, 15) is 18.0 Å². The van der Waals surface area contributed by atoms with Gasteiger partial charge in [0.15, 0.2) is 0 Å². The van der Waals surface area contributed by atoms with Gasteiger partial charge >= 0.3 is 5.51 Å². The predicted molar refractivity (Wildman–Crippen MR) is 63.9 cm³/mol. The van der Waals surface area contributed by atoms with Crippen LogP contribution in [0.5, 0.6) is 0 Å².